The highest BCUT2D eigenvalue weighted by Gasteiger charge is 2.32. The van der Waals surface area contributed by atoms with Crippen LogP contribution in [-0.2, 0) is 4.74 Å². The Balaban J connectivity index is 2.48. The Morgan fingerprint density at radius 3 is 2.67 bits per heavy atom. The third kappa shape index (κ3) is 3.74. The first-order chi connectivity index (χ1) is 6.97. The highest BCUT2D eigenvalue weighted by atomic mass is 16.5. The first kappa shape index (κ1) is 12.9. The fraction of sp³-hybridized carbons (Fsp3) is 1.00. The zero-order chi connectivity index (χ0) is 11.5. The number of piperidine rings is 1. The Bertz CT molecular complexity index is 196. The summed E-state index contributed by atoms with van der Waals surface area (Å²) in [5.41, 5.74) is 5.89. The van der Waals surface area contributed by atoms with Gasteiger partial charge in [-0.3, -0.25) is 4.90 Å². The second-order valence-corrected chi connectivity index (χ2v) is 5.29. The fourth-order valence-electron chi connectivity index (χ4n) is 2.47. The number of ether oxygens (including phenoxy) is 1. The van der Waals surface area contributed by atoms with Gasteiger partial charge in [0.05, 0.1) is 5.60 Å². The molecule has 1 heterocycles. The molecule has 0 aromatic carbocycles. The average Bonchev–Trinajstić information content (AvgIpc) is 2.17. The van der Waals surface area contributed by atoms with Crippen molar-refractivity contribution < 1.29 is 4.74 Å². The van der Waals surface area contributed by atoms with Gasteiger partial charge in [-0.2, -0.15) is 0 Å². The van der Waals surface area contributed by atoms with E-state index in [2.05, 4.69) is 25.7 Å². The summed E-state index contributed by atoms with van der Waals surface area (Å²) in [4.78, 5) is 2.51. The van der Waals surface area contributed by atoms with E-state index in [-0.39, 0.29) is 11.6 Å². The van der Waals surface area contributed by atoms with Crippen LogP contribution in [-0.4, -0.2) is 42.8 Å². The molecule has 0 amide bonds. The molecule has 0 saturated carbocycles. The van der Waals surface area contributed by atoms with Gasteiger partial charge < -0.3 is 10.5 Å². The summed E-state index contributed by atoms with van der Waals surface area (Å²) in [6.45, 7) is 8.78. The Morgan fingerprint density at radius 2 is 2.13 bits per heavy atom. The molecule has 2 N–H and O–H groups in total. The van der Waals surface area contributed by atoms with E-state index >= 15 is 0 Å². The molecule has 3 atom stereocenters. The maximum atomic E-state index is 5.84. The second kappa shape index (κ2) is 5.28. The molecule has 1 aliphatic heterocycles. The number of hydrogen-bond acceptors (Lipinski definition) is 3. The normalized spacial score (nSPS) is 32.6. The van der Waals surface area contributed by atoms with Crippen molar-refractivity contribution in [1.82, 2.24) is 4.90 Å². The van der Waals surface area contributed by atoms with Gasteiger partial charge in [0.25, 0.3) is 0 Å². The van der Waals surface area contributed by atoms with Crippen LogP contribution in [0.4, 0.5) is 0 Å². The minimum atomic E-state index is 0.0460. The van der Waals surface area contributed by atoms with E-state index in [0.717, 1.165) is 13.0 Å². The fourth-order valence-corrected chi connectivity index (χ4v) is 2.47. The predicted octanol–water partition coefficient (Wildman–Crippen LogP) is 1.61. The van der Waals surface area contributed by atoms with E-state index in [9.17, 15) is 0 Å². The van der Waals surface area contributed by atoms with Gasteiger partial charge in [0, 0.05) is 25.7 Å². The van der Waals surface area contributed by atoms with Crippen LogP contribution in [0.25, 0.3) is 0 Å². The molecule has 1 fully saturated rings. The van der Waals surface area contributed by atoms with Gasteiger partial charge in [0.15, 0.2) is 0 Å². The minimum absolute atomic E-state index is 0.0460. The standard InChI is InChI=1S/C12H26N2O/c1-10(13)8-11(2)14-7-5-6-12(3,9-14)15-4/h10-11H,5-9,13H2,1-4H3. The maximum absolute atomic E-state index is 5.84. The van der Waals surface area contributed by atoms with Gasteiger partial charge in [-0.1, -0.05) is 0 Å². The number of likely N-dealkylation sites (tertiary alicyclic amines) is 1. The van der Waals surface area contributed by atoms with Crippen LogP contribution in [0, 0.1) is 0 Å². The molecule has 1 saturated heterocycles. The van der Waals surface area contributed by atoms with Crippen molar-refractivity contribution >= 4 is 0 Å². The van der Waals surface area contributed by atoms with Crippen LogP contribution in [0.15, 0.2) is 0 Å². The van der Waals surface area contributed by atoms with Crippen LogP contribution >= 0.6 is 0 Å². The van der Waals surface area contributed by atoms with Crippen molar-refractivity contribution in [2.24, 2.45) is 5.73 Å². The third-order valence-electron chi connectivity index (χ3n) is 3.52. The zero-order valence-electron chi connectivity index (χ0n) is 10.6. The molecule has 90 valence electrons. The lowest BCUT2D eigenvalue weighted by atomic mass is 9.93. The lowest BCUT2D eigenvalue weighted by molar-refractivity contribution is -0.0605. The average molecular weight is 214 g/mol. The summed E-state index contributed by atoms with van der Waals surface area (Å²) >= 11 is 0. The molecular formula is C12H26N2O. The van der Waals surface area contributed by atoms with Gasteiger partial charge in [0.2, 0.25) is 0 Å². The summed E-state index contributed by atoms with van der Waals surface area (Å²) in [6, 6.07) is 0.857. The van der Waals surface area contributed by atoms with Crippen molar-refractivity contribution in [3.63, 3.8) is 0 Å². The van der Waals surface area contributed by atoms with E-state index in [1.54, 1.807) is 0 Å². The predicted molar refractivity (Wildman–Crippen MR) is 63.9 cm³/mol. The number of rotatable bonds is 4. The number of nitrogens with zero attached hydrogens (tertiary/aromatic N) is 1. The molecule has 3 heteroatoms. The summed E-state index contributed by atoms with van der Waals surface area (Å²) in [5, 5.41) is 0. The van der Waals surface area contributed by atoms with E-state index < -0.39 is 0 Å². The molecule has 1 rings (SSSR count). The maximum Gasteiger partial charge on any atom is 0.0777 e. The molecule has 0 radical (unpaired) electrons. The van der Waals surface area contributed by atoms with Crippen molar-refractivity contribution in [2.75, 3.05) is 20.2 Å². The van der Waals surface area contributed by atoms with Crippen molar-refractivity contribution in [3.8, 4) is 0 Å². The number of hydrogen-bond donors (Lipinski definition) is 1. The molecule has 0 aromatic rings. The number of nitrogens with two attached hydrogens (primary N) is 1. The van der Waals surface area contributed by atoms with E-state index in [1.165, 1.54) is 19.4 Å². The summed E-state index contributed by atoms with van der Waals surface area (Å²) in [5.74, 6) is 0. The summed E-state index contributed by atoms with van der Waals surface area (Å²) in [7, 11) is 1.82. The molecule has 0 aliphatic carbocycles. The summed E-state index contributed by atoms with van der Waals surface area (Å²) < 4.78 is 5.59. The van der Waals surface area contributed by atoms with E-state index in [4.69, 9.17) is 10.5 Å². The smallest absolute Gasteiger partial charge is 0.0777 e. The molecule has 3 unspecified atom stereocenters. The van der Waals surface area contributed by atoms with Gasteiger partial charge in [-0.05, 0) is 46.6 Å². The summed E-state index contributed by atoms with van der Waals surface area (Å²) in [6.07, 6.45) is 3.47. The second-order valence-electron chi connectivity index (χ2n) is 5.29. The molecule has 15 heavy (non-hydrogen) atoms. The lowest BCUT2D eigenvalue weighted by Gasteiger charge is -2.42. The van der Waals surface area contributed by atoms with Gasteiger partial charge in [-0.15, -0.1) is 0 Å². The Kier molecular flexibility index (Phi) is 4.56. The highest BCUT2D eigenvalue weighted by molar-refractivity contribution is 4.87. The third-order valence-corrected chi connectivity index (χ3v) is 3.52. The first-order valence-electron chi connectivity index (χ1n) is 6.01. The quantitative estimate of drug-likeness (QED) is 0.773. The minimum Gasteiger partial charge on any atom is -0.377 e. The Morgan fingerprint density at radius 1 is 1.47 bits per heavy atom. The highest BCUT2D eigenvalue weighted by Crippen LogP contribution is 2.25. The van der Waals surface area contributed by atoms with Crippen LogP contribution in [0.3, 0.4) is 0 Å². The van der Waals surface area contributed by atoms with Gasteiger partial charge in [-0.25, -0.2) is 0 Å². The molecule has 0 aromatic heterocycles. The topological polar surface area (TPSA) is 38.5 Å². The van der Waals surface area contributed by atoms with Crippen molar-refractivity contribution in [3.05, 3.63) is 0 Å². The first-order valence-corrected chi connectivity index (χ1v) is 6.01. The van der Waals surface area contributed by atoms with Crippen molar-refractivity contribution in [2.45, 2.75) is 57.7 Å². The molecule has 3 nitrogen and oxygen atoms in total. The molecule has 1 aliphatic rings. The largest absolute Gasteiger partial charge is 0.377 e. The van der Waals surface area contributed by atoms with Crippen LogP contribution in [0.1, 0.15) is 40.0 Å². The van der Waals surface area contributed by atoms with Gasteiger partial charge in [0.1, 0.15) is 0 Å². The molecule has 0 spiro atoms. The SMILES string of the molecule is COC1(C)CCCN(C(C)CC(C)N)C1. The van der Waals surface area contributed by atoms with E-state index in [0.29, 0.717) is 6.04 Å². The monoisotopic (exact) mass is 214 g/mol. The van der Waals surface area contributed by atoms with Crippen LogP contribution < -0.4 is 5.73 Å². The Hall–Kier alpha value is -0.120. The molecular weight excluding hydrogens is 188 g/mol. The van der Waals surface area contributed by atoms with E-state index in [1.807, 2.05) is 7.11 Å². The van der Waals surface area contributed by atoms with Crippen molar-refractivity contribution in [1.29, 1.82) is 0 Å². The molecule has 0 bridgehead atoms. The lowest BCUT2D eigenvalue weighted by Crippen LogP contribution is -2.51. The number of methoxy groups -OCH3 is 1. The Labute approximate surface area is 94.0 Å². The van der Waals surface area contributed by atoms with Crippen LogP contribution in [0.5, 0.6) is 0 Å². The van der Waals surface area contributed by atoms with Crippen LogP contribution in [0.2, 0.25) is 0 Å². The van der Waals surface area contributed by atoms with Gasteiger partial charge >= 0.3 is 0 Å². The zero-order valence-corrected chi connectivity index (χ0v) is 10.6.